The van der Waals surface area contributed by atoms with E-state index in [1.54, 1.807) is 38.7 Å². The molecule has 7 nitrogen and oxygen atoms in total. The lowest BCUT2D eigenvalue weighted by Gasteiger charge is -2.22. The van der Waals surface area contributed by atoms with E-state index in [0.29, 0.717) is 5.56 Å². The number of nitrogens with one attached hydrogen (secondary N) is 1. The average Bonchev–Trinajstić information content (AvgIpc) is 2.60. The molecular formula is C12H19N3O4. The van der Waals surface area contributed by atoms with Crippen LogP contribution in [0, 0.1) is 0 Å². The molecule has 0 saturated heterocycles. The maximum atomic E-state index is 11.7. The monoisotopic (exact) mass is 269 g/mol. The first-order valence-electron chi connectivity index (χ1n) is 5.87. The maximum Gasteiger partial charge on any atom is 0.408 e. The number of carbonyl (C=O) groups is 2. The lowest BCUT2D eigenvalue weighted by atomic mass is 10.1. The molecule has 0 radical (unpaired) electrons. The van der Waals surface area contributed by atoms with Crippen LogP contribution in [0.3, 0.4) is 0 Å². The van der Waals surface area contributed by atoms with Gasteiger partial charge in [0.25, 0.3) is 0 Å². The first-order chi connectivity index (χ1) is 8.67. The number of amides is 1. The van der Waals surface area contributed by atoms with Gasteiger partial charge in [0.15, 0.2) is 0 Å². The van der Waals surface area contributed by atoms with Crippen LogP contribution in [-0.4, -0.2) is 32.6 Å². The molecule has 7 heteroatoms. The minimum absolute atomic E-state index is 0.231. The minimum Gasteiger partial charge on any atom is -0.481 e. The van der Waals surface area contributed by atoms with E-state index in [9.17, 15) is 9.59 Å². The van der Waals surface area contributed by atoms with Crippen molar-refractivity contribution in [1.29, 1.82) is 0 Å². The molecule has 0 bridgehead atoms. The molecule has 2 N–H and O–H groups in total. The van der Waals surface area contributed by atoms with Gasteiger partial charge in [0.05, 0.1) is 18.7 Å². The fourth-order valence-electron chi connectivity index (χ4n) is 1.50. The molecule has 19 heavy (non-hydrogen) atoms. The fourth-order valence-corrected chi connectivity index (χ4v) is 1.50. The largest absolute Gasteiger partial charge is 0.481 e. The molecule has 0 aliphatic carbocycles. The van der Waals surface area contributed by atoms with Crippen LogP contribution < -0.4 is 5.32 Å². The second-order valence-corrected chi connectivity index (χ2v) is 5.24. The van der Waals surface area contributed by atoms with E-state index in [1.165, 1.54) is 6.20 Å². The van der Waals surface area contributed by atoms with Crippen molar-refractivity contribution in [3.8, 4) is 0 Å². The lowest BCUT2D eigenvalue weighted by molar-refractivity contribution is -0.137. The molecule has 0 aliphatic rings. The Labute approximate surface area is 111 Å². The first-order valence-corrected chi connectivity index (χ1v) is 5.87. The normalized spacial score (nSPS) is 12.8. The number of carboxylic acids is 1. The predicted octanol–water partition coefficient (Wildman–Crippen LogP) is 1.46. The highest BCUT2D eigenvalue weighted by atomic mass is 16.6. The number of rotatable bonds is 4. The Morgan fingerprint density at radius 1 is 1.53 bits per heavy atom. The standard InChI is InChI=1S/C12H19N3O4/c1-12(2,3)19-11(18)14-9(5-10(16)17)8-6-13-15(4)7-8/h6-7,9H,5H2,1-4H3,(H,14,18)(H,16,17)/t9-/m1/s1. The molecule has 1 aromatic heterocycles. The molecule has 0 saturated carbocycles. The first kappa shape index (κ1) is 15.0. The van der Waals surface area contributed by atoms with Crippen molar-refractivity contribution in [2.75, 3.05) is 0 Å². The number of alkyl carbamates (subject to hydrolysis) is 1. The van der Waals surface area contributed by atoms with Gasteiger partial charge in [0.1, 0.15) is 5.60 Å². The quantitative estimate of drug-likeness (QED) is 0.863. The van der Waals surface area contributed by atoms with Crippen molar-refractivity contribution < 1.29 is 19.4 Å². The van der Waals surface area contributed by atoms with Gasteiger partial charge in [0, 0.05) is 18.8 Å². The van der Waals surface area contributed by atoms with Crippen LogP contribution >= 0.6 is 0 Å². The molecule has 1 amide bonds. The summed E-state index contributed by atoms with van der Waals surface area (Å²) in [4.78, 5) is 22.5. The van der Waals surface area contributed by atoms with E-state index in [-0.39, 0.29) is 6.42 Å². The smallest absolute Gasteiger partial charge is 0.408 e. The average molecular weight is 269 g/mol. The zero-order chi connectivity index (χ0) is 14.6. The van der Waals surface area contributed by atoms with Gasteiger partial charge in [0.2, 0.25) is 0 Å². The Morgan fingerprint density at radius 2 is 2.16 bits per heavy atom. The highest BCUT2D eigenvalue weighted by Gasteiger charge is 2.23. The number of aliphatic carboxylic acids is 1. The van der Waals surface area contributed by atoms with Crippen LogP contribution in [0.1, 0.15) is 38.8 Å². The van der Waals surface area contributed by atoms with E-state index >= 15 is 0 Å². The zero-order valence-corrected chi connectivity index (χ0v) is 11.5. The van der Waals surface area contributed by atoms with Gasteiger partial charge >= 0.3 is 12.1 Å². The van der Waals surface area contributed by atoms with Gasteiger partial charge in [-0.05, 0) is 20.8 Å². The number of hydrogen-bond donors (Lipinski definition) is 2. The summed E-state index contributed by atoms with van der Waals surface area (Å²) in [5.41, 5.74) is -0.0111. The Balaban J connectivity index is 2.76. The third kappa shape index (κ3) is 5.41. The van der Waals surface area contributed by atoms with Crippen LogP contribution in [0.25, 0.3) is 0 Å². The molecule has 1 aromatic rings. The summed E-state index contributed by atoms with van der Waals surface area (Å²) < 4.78 is 6.65. The van der Waals surface area contributed by atoms with Crippen molar-refractivity contribution in [3.63, 3.8) is 0 Å². The maximum absolute atomic E-state index is 11.7. The van der Waals surface area contributed by atoms with Crippen LogP contribution in [-0.2, 0) is 16.6 Å². The molecule has 0 aliphatic heterocycles. The van der Waals surface area contributed by atoms with Gasteiger partial charge in [-0.15, -0.1) is 0 Å². The van der Waals surface area contributed by atoms with Crippen LogP contribution in [0.4, 0.5) is 4.79 Å². The summed E-state index contributed by atoms with van der Waals surface area (Å²) in [5.74, 6) is -1.01. The fraction of sp³-hybridized carbons (Fsp3) is 0.583. The molecule has 0 unspecified atom stereocenters. The number of carbonyl (C=O) groups excluding carboxylic acids is 1. The van der Waals surface area contributed by atoms with Crippen LogP contribution in [0.15, 0.2) is 12.4 Å². The Bertz CT molecular complexity index is 462. The van der Waals surface area contributed by atoms with Crippen molar-refractivity contribution >= 4 is 12.1 Å². The summed E-state index contributed by atoms with van der Waals surface area (Å²) in [7, 11) is 1.72. The number of nitrogens with zero attached hydrogens (tertiary/aromatic N) is 2. The molecule has 106 valence electrons. The van der Waals surface area contributed by atoms with Crippen LogP contribution in [0.2, 0.25) is 0 Å². The molecule has 1 atom stereocenters. The number of carboxylic acid groups (broad SMARTS) is 1. The van der Waals surface area contributed by atoms with Crippen molar-refractivity contribution in [2.45, 2.75) is 38.8 Å². The molecule has 0 spiro atoms. The molecule has 1 rings (SSSR count). The Kier molecular flexibility index (Phi) is 4.52. The SMILES string of the molecule is Cn1cc([C@@H](CC(=O)O)NC(=O)OC(C)(C)C)cn1. The van der Waals surface area contributed by atoms with Crippen LogP contribution in [0.5, 0.6) is 0 Å². The highest BCUT2D eigenvalue weighted by Crippen LogP contribution is 2.17. The Morgan fingerprint density at radius 3 is 2.58 bits per heavy atom. The van der Waals surface area contributed by atoms with Gasteiger partial charge in [-0.25, -0.2) is 4.79 Å². The van der Waals surface area contributed by atoms with Crippen molar-refractivity contribution in [1.82, 2.24) is 15.1 Å². The third-order valence-corrected chi connectivity index (χ3v) is 2.20. The van der Waals surface area contributed by atoms with Crippen molar-refractivity contribution in [3.05, 3.63) is 18.0 Å². The third-order valence-electron chi connectivity index (χ3n) is 2.20. The van der Waals surface area contributed by atoms with E-state index < -0.39 is 23.7 Å². The van der Waals surface area contributed by atoms with E-state index in [0.717, 1.165) is 0 Å². The van der Waals surface area contributed by atoms with E-state index in [4.69, 9.17) is 9.84 Å². The number of ether oxygens (including phenoxy) is 1. The second kappa shape index (κ2) is 5.73. The molecule has 0 fully saturated rings. The topological polar surface area (TPSA) is 93.5 Å². The summed E-state index contributed by atoms with van der Waals surface area (Å²) in [6, 6.07) is -0.666. The number of hydrogen-bond acceptors (Lipinski definition) is 4. The van der Waals surface area contributed by atoms with Gasteiger partial charge in [-0.2, -0.15) is 5.10 Å². The minimum atomic E-state index is -1.01. The summed E-state index contributed by atoms with van der Waals surface area (Å²) in [6.45, 7) is 5.22. The summed E-state index contributed by atoms with van der Waals surface area (Å²) in [6.07, 6.45) is 2.29. The number of aryl methyl sites for hydroxylation is 1. The summed E-state index contributed by atoms with van der Waals surface area (Å²) >= 11 is 0. The van der Waals surface area contributed by atoms with Crippen molar-refractivity contribution in [2.24, 2.45) is 7.05 Å². The van der Waals surface area contributed by atoms with Gasteiger partial charge in [-0.3, -0.25) is 9.48 Å². The predicted molar refractivity (Wildman–Crippen MR) is 67.6 cm³/mol. The highest BCUT2D eigenvalue weighted by molar-refractivity contribution is 5.72. The lowest BCUT2D eigenvalue weighted by Crippen LogP contribution is -2.35. The van der Waals surface area contributed by atoms with E-state index in [1.807, 2.05) is 0 Å². The molecule has 1 heterocycles. The summed E-state index contributed by atoms with van der Waals surface area (Å²) in [5, 5.41) is 15.4. The number of aromatic nitrogens is 2. The zero-order valence-electron chi connectivity index (χ0n) is 11.5. The Hall–Kier alpha value is -2.05. The second-order valence-electron chi connectivity index (χ2n) is 5.24. The van der Waals surface area contributed by atoms with Gasteiger partial charge in [-0.1, -0.05) is 0 Å². The van der Waals surface area contributed by atoms with E-state index in [2.05, 4.69) is 10.4 Å². The molecule has 0 aromatic carbocycles. The van der Waals surface area contributed by atoms with Gasteiger partial charge < -0.3 is 15.2 Å². The molecular weight excluding hydrogens is 250 g/mol.